The molecule has 0 amide bonds. The fraction of sp³-hybridized carbons (Fsp3) is 0.300. The summed E-state index contributed by atoms with van der Waals surface area (Å²) in [7, 11) is 0. The van der Waals surface area contributed by atoms with E-state index in [0.717, 1.165) is 4.90 Å². The Morgan fingerprint density at radius 3 is 2.62 bits per heavy atom. The van der Waals surface area contributed by atoms with Gasteiger partial charge in [-0.1, -0.05) is 30.0 Å². The van der Waals surface area contributed by atoms with Gasteiger partial charge in [0, 0.05) is 17.9 Å². The highest BCUT2D eigenvalue weighted by atomic mass is 32.2. The molecule has 0 aliphatic rings. The SMILES string of the molecule is O=C(CCCO)Sc1ccccc1. The summed E-state index contributed by atoms with van der Waals surface area (Å²) in [4.78, 5) is 12.2. The van der Waals surface area contributed by atoms with Crippen molar-refractivity contribution in [3.63, 3.8) is 0 Å². The maximum Gasteiger partial charge on any atom is 0.193 e. The molecule has 0 aliphatic carbocycles. The summed E-state index contributed by atoms with van der Waals surface area (Å²) in [5.41, 5.74) is 0. The van der Waals surface area contributed by atoms with Crippen molar-refractivity contribution in [1.29, 1.82) is 0 Å². The van der Waals surface area contributed by atoms with Gasteiger partial charge in [0.15, 0.2) is 5.12 Å². The second-order valence-electron chi connectivity index (χ2n) is 2.61. The number of aliphatic hydroxyl groups excluding tert-OH is 1. The third-order valence-electron chi connectivity index (χ3n) is 1.51. The molecule has 13 heavy (non-hydrogen) atoms. The highest BCUT2D eigenvalue weighted by Gasteiger charge is 2.02. The van der Waals surface area contributed by atoms with Gasteiger partial charge >= 0.3 is 0 Å². The Morgan fingerprint density at radius 2 is 2.00 bits per heavy atom. The molecular formula is C10H12O2S. The quantitative estimate of drug-likeness (QED) is 0.749. The fourth-order valence-electron chi connectivity index (χ4n) is 0.894. The van der Waals surface area contributed by atoms with Gasteiger partial charge in [0.1, 0.15) is 0 Å². The average Bonchev–Trinajstić information content (AvgIpc) is 2.16. The van der Waals surface area contributed by atoms with Crippen LogP contribution in [0, 0.1) is 0 Å². The van der Waals surface area contributed by atoms with Crippen molar-refractivity contribution in [2.24, 2.45) is 0 Å². The van der Waals surface area contributed by atoms with Crippen LogP contribution in [-0.2, 0) is 4.79 Å². The molecule has 70 valence electrons. The van der Waals surface area contributed by atoms with Gasteiger partial charge in [-0.15, -0.1) is 0 Å². The number of rotatable bonds is 4. The second-order valence-corrected chi connectivity index (χ2v) is 3.75. The molecule has 2 nitrogen and oxygen atoms in total. The van der Waals surface area contributed by atoms with E-state index in [4.69, 9.17) is 5.11 Å². The van der Waals surface area contributed by atoms with Crippen LogP contribution >= 0.6 is 11.8 Å². The van der Waals surface area contributed by atoms with Gasteiger partial charge < -0.3 is 5.11 Å². The summed E-state index contributed by atoms with van der Waals surface area (Å²) in [6, 6.07) is 9.54. The summed E-state index contributed by atoms with van der Waals surface area (Å²) < 4.78 is 0. The largest absolute Gasteiger partial charge is 0.396 e. The highest BCUT2D eigenvalue weighted by molar-refractivity contribution is 8.13. The van der Waals surface area contributed by atoms with Gasteiger partial charge in [0.2, 0.25) is 0 Å². The van der Waals surface area contributed by atoms with E-state index >= 15 is 0 Å². The molecule has 1 aromatic carbocycles. The van der Waals surface area contributed by atoms with E-state index in [1.807, 2.05) is 30.3 Å². The lowest BCUT2D eigenvalue weighted by Crippen LogP contribution is -1.93. The molecule has 0 saturated heterocycles. The zero-order valence-corrected chi connectivity index (χ0v) is 8.09. The van der Waals surface area contributed by atoms with Crippen molar-refractivity contribution < 1.29 is 9.90 Å². The number of carbonyl (C=O) groups is 1. The highest BCUT2D eigenvalue weighted by Crippen LogP contribution is 2.19. The topological polar surface area (TPSA) is 37.3 Å². The summed E-state index contributed by atoms with van der Waals surface area (Å²) >= 11 is 1.23. The number of aliphatic hydroxyl groups is 1. The van der Waals surface area contributed by atoms with Gasteiger partial charge in [0.25, 0.3) is 0 Å². The molecule has 0 spiro atoms. The molecular weight excluding hydrogens is 184 g/mol. The third kappa shape index (κ3) is 4.10. The van der Waals surface area contributed by atoms with Gasteiger partial charge in [-0.3, -0.25) is 4.79 Å². The van der Waals surface area contributed by atoms with Crippen LogP contribution in [0.3, 0.4) is 0 Å². The second kappa shape index (κ2) is 5.78. The number of thioether (sulfide) groups is 1. The van der Waals surface area contributed by atoms with E-state index in [2.05, 4.69) is 0 Å². The molecule has 0 atom stereocenters. The van der Waals surface area contributed by atoms with Crippen LogP contribution in [0.15, 0.2) is 35.2 Å². The minimum absolute atomic E-state index is 0.0844. The Labute approximate surface area is 82.0 Å². The molecule has 0 aliphatic heterocycles. The summed E-state index contributed by atoms with van der Waals surface area (Å²) in [5.74, 6) is 0. The first-order valence-electron chi connectivity index (χ1n) is 4.19. The van der Waals surface area contributed by atoms with Crippen LogP contribution in [0.25, 0.3) is 0 Å². The van der Waals surface area contributed by atoms with Gasteiger partial charge in [0.05, 0.1) is 0 Å². The van der Waals surface area contributed by atoms with Crippen molar-refractivity contribution in [3.8, 4) is 0 Å². The first-order chi connectivity index (χ1) is 6.33. The van der Waals surface area contributed by atoms with Gasteiger partial charge in [-0.2, -0.15) is 0 Å². The Kier molecular flexibility index (Phi) is 4.57. The lowest BCUT2D eigenvalue weighted by Gasteiger charge is -1.98. The molecule has 0 bridgehead atoms. The first kappa shape index (κ1) is 10.3. The van der Waals surface area contributed by atoms with Crippen LogP contribution in [0.2, 0.25) is 0 Å². The Morgan fingerprint density at radius 1 is 1.31 bits per heavy atom. The molecule has 0 heterocycles. The Balaban J connectivity index is 2.37. The van der Waals surface area contributed by atoms with E-state index in [-0.39, 0.29) is 11.7 Å². The summed E-state index contributed by atoms with van der Waals surface area (Å²) in [5, 5.41) is 8.63. The summed E-state index contributed by atoms with van der Waals surface area (Å²) in [6.45, 7) is 0.0844. The van der Waals surface area contributed by atoms with E-state index in [1.165, 1.54) is 11.8 Å². The minimum atomic E-state index is 0.0844. The van der Waals surface area contributed by atoms with E-state index in [9.17, 15) is 4.79 Å². The van der Waals surface area contributed by atoms with Gasteiger partial charge in [-0.25, -0.2) is 0 Å². The van der Waals surface area contributed by atoms with Crippen LogP contribution in [0.5, 0.6) is 0 Å². The fourth-order valence-corrected chi connectivity index (χ4v) is 1.70. The van der Waals surface area contributed by atoms with Crippen LogP contribution < -0.4 is 0 Å². The third-order valence-corrected chi connectivity index (χ3v) is 2.45. The van der Waals surface area contributed by atoms with Crippen molar-refractivity contribution in [2.45, 2.75) is 17.7 Å². The lowest BCUT2D eigenvalue weighted by atomic mass is 10.3. The van der Waals surface area contributed by atoms with Crippen LogP contribution in [0.4, 0.5) is 0 Å². The molecule has 3 heteroatoms. The molecule has 1 N–H and O–H groups in total. The molecule has 0 radical (unpaired) electrons. The monoisotopic (exact) mass is 196 g/mol. The van der Waals surface area contributed by atoms with Crippen molar-refractivity contribution in [1.82, 2.24) is 0 Å². The molecule has 0 fully saturated rings. The van der Waals surface area contributed by atoms with Crippen molar-refractivity contribution >= 4 is 16.9 Å². The van der Waals surface area contributed by atoms with Crippen molar-refractivity contribution in [3.05, 3.63) is 30.3 Å². The predicted molar refractivity (Wildman–Crippen MR) is 53.6 cm³/mol. The number of hydrogen-bond acceptors (Lipinski definition) is 3. The van der Waals surface area contributed by atoms with Crippen LogP contribution in [0.1, 0.15) is 12.8 Å². The number of benzene rings is 1. The molecule has 0 aromatic heterocycles. The standard InChI is InChI=1S/C10H12O2S/c11-8-4-7-10(12)13-9-5-2-1-3-6-9/h1-3,5-6,11H,4,7-8H2. The molecule has 1 rings (SSSR count). The number of carbonyl (C=O) groups excluding carboxylic acids is 1. The van der Waals surface area contributed by atoms with Crippen molar-refractivity contribution in [2.75, 3.05) is 6.61 Å². The molecule has 1 aromatic rings. The maximum absolute atomic E-state index is 11.2. The minimum Gasteiger partial charge on any atom is -0.396 e. The van der Waals surface area contributed by atoms with Gasteiger partial charge in [-0.05, 0) is 18.6 Å². The maximum atomic E-state index is 11.2. The lowest BCUT2D eigenvalue weighted by molar-refractivity contribution is -0.111. The molecule has 0 saturated carbocycles. The summed E-state index contributed by atoms with van der Waals surface area (Å²) in [6.07, 6.45) is 0.995. The average molecular weight is 196 g/mol. The predicted octanol–water partition coefficient (Wildman–Crippen LogP) is 2.08. The van der Waals surface area contributed by atoms with E-state index in [1.54, 1.807) is 0 Å². The zero-order chi connectivity index (χ0) is 9.52. The van der Waals surface area contributed by atoms with E-state index in [0.29, 0.717) is 12.8 Å². The van der Waals surface area contributed by atoms with E-state index < -0.39 is 0 Å². The Bertz CT molecular complexity index is 259. The first-order valence-corrected chi connectivity index (χ1v) is 5.01. The Hall–Kier alpha value is -0.800. The normalized spacial score (nSPS) is 9.92. The molecule has 0 unspecified atom stereocenters. The zero-order valence-electron chi connectivity index (χ0n) is 7.27. The van der Waals surface area contributed by atoms with Crippen LogP contribution in [-0.4, -0.2) is 16.8 Å². The smallest absolute Gasteiger partial charge is 0.193 e. The number of hydrogen-bond donors (Lipinski definition) is 1.